The summed E-state index contributed by atoms with van der Waals surface area (Å²) >= 11 is 0. The molecule has 1 fully saturated rings. The number of phenols is 1. The zero-order valence-electron chi connectivity index (χ0n) is 17.4. The number of non-ortho nitro benzene ring substituents is 1. The molecule has 13 nitrogen and oxygen atoms in total. The molecule has 0 unspecified atom stereocenters. The Balaban J connectivity index is 0.000000227. The van der Waals surface area contributed by atoms with E-state index in [0.29, 0.717) is 12.1 Å². The number of likely N-dealkylation sites (tertiary alicyclic amines) is 1. The molecule has 1 aliphatic rings. The molecule has 0 aliphatic carbocycles. The van der Waals surface area contributed by atoms with Crippen LogP contribution in [0.15, 0.2) is 30.3 Å². The number of phenolic OH excluding ortho intramolecular Hbond substituents is 1. The van der Waals surface area contributed by atoms with Crippen molar-refractivity contribution in [3.63, 3.8) is 0 Å². The summed E-state index contributed by atoms with van der Waals surface area (Å²) in [7, 11) is 3.42. The van der Waals surface area contributed by atoms with Gasteiger partial charge in [-0.1, -0.05) is 6.07 Å². The number of hydrogen-bond donors (Lipinski definition) is 1. The number of hydrogen-bond acceptors (Lipinski definition) is 10. The van der Waals surface area contributed by atoms with Gasteiger partial charge < -0.3 is 14.6 Å². The number of methoxy groups -OCH3 is 2. The van der Waals surface area contributed by atoms with Gasteiger partial charge in [0, 0.05) is 6.54 Å². The molecule has 1 aliphatic heterocycles. The molecule has 2 aromatic rings. The van der Waals surface area contributed by atoms with Gasteiger partial charge in [0.25, 0.3) is 11.4 Å². The van der Waals surface area contributed by atoms with Crippen LogP contribution >= 0.6 is 0 Å². The van der Waals surface area contributed by atoms with Gasteiger partial charge in [-0.05, 0) is 38.1 Å². The number of aromatic hydroxyl groups is 1. The Morgan fingerprint density at radius 2 is 1.38 bits per heavy atom. The molecule has 0 amide bonds. The van der Waals surface area contributed by atoms with E-state index in [-0.39, 0.29) is 0 Å². The molecule has 1 saturated heterocycles. The van der Waals surface area contributed by atoms with E-state index in [1.54, 1.807) is 14.2 Å². The monoisotopic (exact) mass is 450 g/mol. The van der Waals surface area contributed by atoms with E-state index in [1.165, 1.54) is 25.9 Å². The molecular weight excluding hydrogens is 428 g/mol. The molecule has 32 heavy (non-hydrogen) atoms. The topological polar surface area (TPSA) is 171 Å². The fourth-order valence-corrected chi connectivity index (χ4v) is 3.22. The van der Waals surface area contributed by atoms with Crippen molar-refractivity contribution in [3.8, 4) is 17.2 Å². The number of benzene rings is 2. The fraction of sp³-hybridized carbons (Fsp3) is 0.368. The lowest BCUT2D eigenvalue weighted by Crippen LogP contribution is -2.19. The second kappa shape index (κ2) is 10.9. The van der Waals surface area contributed by atoms with Gasteiger partial charge in [-0.3, -0.25) is 35.2 Å². The molecule has 13 heteroatoms. The first-order chi connectivity index (χ1) is 15.2. The first kappa shape index (κ1) is 24.3. The average molecular weight is 450 g/mol. The van der Waals surface area contributed by atoms with E-state index in [9.17, 15) is 30.3 Å². The van der Waals surface area contributed by atoms with Gasteiger partial charge in [0.2, 0.25) is 0 Å². The predicted molar refractivity (Wildman–Crippen MR) is 112 cm³/mol. The van der Waals surface area contributed by atoms with E-state index < -0.39 is 37.6 Å². The van der Waals surface area contributed by atoms with E-state index in [2.05, 4.69) is 4.90 Å². The van der Waals surface area contributed by atoms with Gasteiger partial charge in [-0.25, -0.2) is 0 Å². The Bertz CT molecular complexity index is 949. The highest BCUT2D eigenvalue weighted by Crippen LogP contribution is 2.39. The summed E-state index contributed by atoms with van der Waals surface area (Å²) in [6, 6.07) is 6.84. The van der Waals surface area contributed by atoms with Gasteiger partial charge in [0.05, 0.1) is 46.7 Å². The van der Waals surface area contributed by atoms with Crippen molar-refractivity contribution in [2.24, 2.45) is 0 Å². The van der Waals surface area contributed by atoms with Gasteiger partial charge in [-0.2, -0.15) is 0 Å². The maximum Gasteiger partial charge on any atom is 0.324 e. The van der Waals surface area contributed by atoms with Crippen molar-refractivity contribution >= 4 is 17.1 Å². The SMILES string of the molecule is COc1cccc(OC)c1CN1CCCC1.O=[N+]([O-])c1cc([N+](=O)[O-])c(O)c([N+](=O)[O-])c1. The largest absolute Gasteiger partial charge is 0.497 e. The molecule has 172 valence electrons. The summed E-state index contributed by atoms with van der Waals surface area (Å²) < 4.78 is 10.8. The third-order valence-electron chi connectivity index (χ3n) is 4.77. The molecule has 0 atom stereocenters. The highest BCUT2D eigenvalue weighted by molar-refractivity contribution is 5.64. The van der Waals surface area contributed by atoms with Crippen molar-refractivity contribution < 1.29 is 29.4 Å². The Hall–Kier alpha value is -4.00. The Kier molecular flexibility index (Phi) is 8.24. The Labute approximate surface area is 182 Å². The third-order valence-corrected chi connectivity index (χ3v) is 4.77. The summed E-state index contributed by atoms with van der Waals surface area (Å²) in [5, 5.41) is 40.2. The Morgan fingerprint density at radius 1 is 0.906 bits per heavy atom. The zero-order valence-corrected chi connectivity index (χ0v) is 17.4. The molecule has 0 bridgehead atoms. The maximum atomic E-state index is 10.4. The number of rotatable bonds is 7. The van der Waals surface area contributed by atoms with Crippen molar-refractivity contribution in [2.45, 2.75) is 19.4 Å². The van der Waals surface area contributed by atoms with Crippen LogP contribution in [0.5, 0.6) is 17.2 Å². The molecule has 1 heterocycles. The fourth-order valence-electron chi connectivity index (χ4n) is 3.22. The first-order valence-corrected chi connectivity index (χ1v) is 9.42. The smallest absolute Gasteiger partial charge is 0.324 e. The van der Waals surface area contributed by atoms with Crippen LogP contribution in [0, 0.1) is 30.3 Å². The van der Waals surface area contributed by atoms with E-state index >= 15 is 0 Å². The molecular formula is C19H22N4O9. The van der Waals surface area contributed by atoms with E-state index in [4.69, 9.17) is 14.6 Å². The number of ether oxygens (including phenoxy) is 2. The zero-order chi connectivity index (χ0) is 23.8. The standard InChI is InChI=1S/C13H19NO2.C6H3N3O7/c1-15-12-6-5-7-13(16-2)11(12)10-14-8-3-4-9-14;10-6-4(8(13)14)1-3(7(11)12)2-5(6)9(15)16/h5-7H,3-4,8-10H2,1-2H3;1-2,10H. The second-order valence-electron chi connectivity index (χ2n) is 6.73. The first-order valence-electron chi connectivity index (χ1n) is 9.42. The number of nitro groups is 3. The molecule has 0 aromatic heterocycles. The normalized spacial score (nSPS) is 13.1. The van der Waals surface area contributed by atoms with Gasteiger partial charge in [-0.15, -0.1) is 0 Å². The minimum absolute atomic E-state index is 0.447. The molecule has 0 saturated carbocycles. The van der Waals surface area contributed by atoms with Crippen LogP contribution in [0.1, 0.15) is 18.4 Å². The van der Waals surface area contributed by atoms with Crippen molar-refractivity contribution in [3.05, 3.63) is 66.2 Å². The lowest BCUT2D eigenvalue weighted by Gasteiger charge is -2.19. The van der Waals surface area contributed by atoms with Crippen molar-refractivity contribution in [1.29, 1.82) is 0 Å². The van der Waals surface area contributed by atoms with Gasteiger partial charge >= 0.3 is 11.4 Å². The van der Waals surface area contributed by atoms with Crippen LogP contribution in [0.4, 0.5) is 17.1 Å². The lowest BCUT2D eigenvalue weighted by atomic mass is 10.1. The molecule has 1 N–H and O–H groups in total. The predicted octanol–water partition coefficient (Wildman–Crippen LogP) is 3.42. The quantitative estimate of drug-likeness (QED) is 0.486. The summed E-state index contributed by atoms with van der Waals surface area (Å²) in [6.07, 6.45) is 2.61. The van der Waals surface area contributed by atoms with Gasteiger partial charge in [0.15, 0.2) is 0 Å². The van der Waals surface area contributed by atoms with Crippen LogP contribution in [0.2, 0.25) is 0 Å². The minimum Gasteiger partial charge on any atom is -0.497 e. The number of nitrogens with zero attached hydrogens (tertiary/aromatic N) is 4. The van der Waals surface area contributed by atoms with Crippen molar-refractivity contribution in [1.82, 2.24) is 4.90 Å². The van der Waals surface area contributed by atoms with Crippen LogP contribution in [0.3, 0.4) is 0 Å². The minimum atomic E-state index is -1.21. The highest BCUT2D eigenvalue weighted by atomic mass is 16.6. The van der Waals surface area contributed by atoms with Crippen LogP contribution in [0.25, 0.3) is 0 Å². The summed E-state index contributed by atoms with van der Waals surface area (Å²) in [6.45, 7) is 3.29. The van der Waals surface area contributed by atoms with Crippen molar-refractivity contribution in [2.75, 3.05) is 27.3 Å². The van der Waals surface area contributed by atoms with Crippen LogP contribution in [-0.2, 0) is 6.54 Å². The summed E-state index contributed by atoms with van der Waals surface area (Å²) in [5.74, 6) is 0.637. The molecule has 2 aromatic carbocycles. The van der Waals surface area contributed by atoms with Crippen LogP contribution < -0.4 is 9.47 Å². The second-order valence-corrected chi connectivity index (χ2v) is 6.73. The maximum absolute atomic E-state index is 10.4. The van der Waals surface area contributed by atoms with E-state index in [0.717, 1.165) is 23.6 Å². The molecule has 3 rings (SSSR count). The van der Waals surface area contributed by atoms with E-state index in [1.807, 2.05) is 18.2 Å². The summed E-state index contributed by atoms with van der Waals surface area (Å²) in [4.78, 5) is 30.2. The highest BCUT2D eigenvalue weighted by Gasteiger charge is 2.30. The summed E-state index contributed by atoms with van der Waals surface area (Å²) in [5.41, 5.74) is -1.84. The number of nitro benzene ring substituents is 3. The molecule has 0 radical (unpaired) electrons. The third kappa shape index (κ3) is 5.78. The molecule has 0 spiro atoms. The van der Waals surface area contributed by atoms with Crippen LogP contribution in [-0.4, -0.2) is 52.1 Å². The lowest BCUT2D eigenvalue weighted by molar-refractivity contribution is -0.404. The van der Waals surface area contributed by atoms with Gasteiger partial charge in [0.1, 0.15) is 11.5 Å². The average Bonchev–Trinajstić information content (AvgIpc) is 3.27. The Morgan fingerprint density at radius 3 is 1.75 bits per heavy atom.